The molecule has 0 atom stereocenters. The topological polar surface area (TPSA) is 74.2 Å². The molecular weight excluding hydrogens is 338 g/mol. The van der Waals surface area contributed by atoms with Crippen LogP contribution in [-0.2, 0) is 4.79 Å². The van der Waals surface area contributed by atoms with Crippen molar-refractivity contribution in [3.05, 3.63) is 30.7 Å². The number of nitrogens with one attached hydrogen (secondary N) is 1. The van der Waals surface area contributed by atoms with Crippen LogP contribution in [0.2, 0.25) is 0 Å². The van der Waals surface area contributed by atoms with Gasteiger partial charge in [-0.2, -0.15) is 0 Å². The second-order valence-corrected chi connectivity index (χ2v) is 7.14. The molecule has 1 aliphatic heterocycles. The van der Waals surface area contributed by atoms with Crippen molar-refractivity contribution in [3.8, 4) is 11.8 Å². The lowest BCUT2D eigenvalue weighted by molar-refractivity contribution is -0.124. The first-order valence-corrected chi connectivity index (χ1v) is 9.56. The van der Waals surface area contributed by atoms with Gasteiger partial charge in [0.2, 0.25) is 5.91 Å². The molecule has 0 unspecified atom stereocenters. The fraction of sp³-hybridized carbons (Fsp3) is 0.429. The summed E-state index contributed by atoms with van der Waals surface area (Å²) in [5.41, 5.74) is 2.54. The van der Waals surface area contributed by atoms with Crippen molar-refractivity contribution in [2.24, 2.45) is 10.9 Å². The summed E-state index contributed by atoms with van der Waals surface area (Å²) in [6.07, 6.45) is 9.91. The number of rotatable bonds is 2. The predicted molar refractivity (Wildman–Crippen MR) is 106 cm³/mol. The van der Waals surface area contributed by atoms with E-state index in [0.717, 1.165) is 28.9 Å². The highest BCUT2D eigenvalue weighted by Crippen LogP contribution is 2.25. The van der Waals surface area contributed by atoms with Gasteiger partial charge < -0.3 is 9.88 Å². The Bertz CT molecular complexity index is 956. The van der Waals surface area contributed by atoms with Crippen LogP contribution >= 0.6 is 0 Å². The maximum Gasteiger partial charge on any atom is 0.246 e. The minimum atomic E-state index is -0.0602. The number of aromatic nitrogens is 3. The van der Waals surface area contributed by atoms with Crippen molar-refractivity contribution < 1.29 is 4.79 Å². The van der Waals surface area contributed by atoms with Gasteiger partial charge in [-0.1, -0.05) is 31.8 Å². The van der Waals surface area contributed by atoms with Gasteiger partial charge in [0.15, 0.2) is 5.82 Å². The van der Waals surface area contributed by atoms with Crippen molar-refractivity contribution in [1.29, 1.82) is 0 Å². The predicted octanol–water partition coefficient (Wildman–Crippen LogP) is 3.38. The van der Waals surface area contributed by atoms with Gasteiger partial charge in [-0.25, -0.2) is 15.0 Å². The Balaban J connectivity index is 1.57. The quantitative estimate of drug-likeness (QED) is 0.658. The molecule has 1 N–H and O–H groups in total. The molecule has 6 nitrogen and oxygen atoms in total. The minimum Gasteiger partial charge on any atom is -0.333 e. The largest absolute Gasteiger partial charge is 0.333 e. The molecule has 6 heteroatoms. The van der Waals surface area contributed by atoms with Crippen LogP contribution < -0.4 is 0 Å². The SMILES string of the molecule is C=CC(=O)N1CC/C(=N/c2ncnc3[nH]c(C#CC4CCCCC4)cc23)C1. The molecule has 27 heavy (non-hydrogen) atoms. The van der Waals surface area contributed by atoms with Crippen molar-refractivity contribution in [2.45, 2.75) is 38.5 Å². The van der Waals surface area contributed by atoms with E-state index in [2.05, 4.69) is 38.4 Å². The van der Waals surface area contributed by atoms with Crippen molar-refractivity contribution in [3.63, 3.8) is 0 Å². The molecule has 3 heterocycles. The highest BCUT2D eigenvalue weighted by atomic mass is 16.2. The Morgan fingerprint density at radius 1 is 1.33 bits per heavy atom. The average Bonchev–Trinajstić information content (AvgIpc) is 3.34. The van der Waals surface area contributed by atoms with E-state index in [1.165, 1.54) is 44.5 Å². The van der Waals surface area contributed by atoms with Crippen molar-refractivity contribution >= 4 is 28.5 Å². The smallest absolute Gasteiger partial charge is 0.246 e. The maximum atomic E-state index is 11.7. The summed E-state index contributed by atoms with van der Waals surface area (Å²) < 4.78 is 0. The molecule has 1 saturated heterocycles. The van der Waals surface area contributed by atoms with E-state index >= 15 is 0 Å². The number of aliphatic imine (C=N–C) groups is 1. The third-order valence-electron chi connectivity index (χ3n) is 5.21. The molecule has 2 aromatic rings. The van der Waals surface area contributed by atoms with E-state index in [1.807, 2.05) is 6.07 Å². The van der Waals surface area contributed by atoms with Gasteiger partial charge in [-0.3, -0.25) is 4.79 Å². The van der Waals surface area contributed by atoms with Gasteiger partial charge in [0.1, 0.15) is 12.0 Å². The van der Waals surface area contributed by atoms with Crippen LogP contribution in [0.1, 0.15) is 44.2 Å². The number of fused-ring (bicyclic) bond motifs is 1. The molecule has 1 saturated carbocycles. The zero-order valence-corrected chi connectivity index (χ0v) is 15.4. The second kappa shape index (κ2) is 7.75. The van der Waals surface area contributed by atoms with Gasteiger partial charge in [-0.15, -0.1) is 0 Å². The lowest BCUT2D eigenvalue weighted by Crippen LogP contribution is -2.26. The van der Waals surface area contributed by atoms with E-state index in [1.54, 1.807) is 4.90 Å². The molecule has 0 spiro atoms. The van der Waals surface area contributed by atoms with E-state index in [4.69, 9.17) is 0 Å². The summed E-state index contributed by atoms with van der Waals surface area (Å²) in [5.74, 6) is 7.74. The average molecular weight is 361 g/mol. The van der Waals surface area contributed by atoms with Crippen LogP contribution in [0.15, 0.2) is 30.0 Å². The number of hydrogen-bond donors (Lipinski definition) is 1. The Morgan fingerprint density at radius 2 is 2.19 bits per heavy atom. The standard InChI is InChI=1S/C21H23N5O/c1-2-19(27)26-11-10-17(13-26)25-21-18-12-16(24-20(18)22-14-23-21)9-8-15-6-4-3-5-7-15/h2,12,14-15H,1,3-7,10-11,13H2,(H,22,23,24)/b25-17-. The molecule has 0 bridgehead atoms. The van der Waals surface area contributed by atoms with Gasteiger partial charge in [0.25, 0.3) is 0 Å². The zero-order chi connectivity index (χ0) is 18.6. The van der Waals surface area contributed by atoms with Crippen LogP contribution in [0.25, 0.3) is 11.0 Å². The van der Waals surface area contributed by atoms with Gasteiger partial charge in [-0.05, 0) is 30.9 Å². The van der Waals surface area contributed by atoms with Crippen molar-refractivity contribution in [2.75, 3.05) is 13.1 Å². The fourth-order valence-corrected chi connectivity index (χ4v) is 3.71. The number of H-pyrrole nitrogens is 1. The number of hydrogen-bond acceptors (Lipinski definition) is 4. The van der Waals surface area contributed by atoms with Crippen LogP contribution in [0.5, 0.6) is 0 Å². The monoisotopic (exact) mass is 361 g/mol. The Kier molecular flexibility index (Phi) is 5.01. The summed E-state index contributed by atoms with van der Waals surface area (Å²) >= 11 is 0. The maximum absolute atomic E-state index is 11.7. The van der Waals surface area contributed by atoms with E-state index in [-0.39, 0.29) is 5.91 Å². The molecule has 0 aromatic carbocycles. The van der Waals surface area contributed by atoms with Crippen LogP contribution in [0.3, 0.4) is 0 Å². The Hall–Kier alpha value is -2.94. The number of carbonyl (C=O) groups excluding carboxylic acids is 1. The van der Waals surface area contributed by atoms with E-state index in [0.29, 0.717) is 24.8 Å². The number of carbonyl (C=O) groups is 1. The number of nitrogens with zero attached hydrogens (tertiary/aromatic N) is 4. The highest BCUT2D eigenvalue weighted by Gasteiger charge is 2.21. The summed E-state index contributed by atoms with van der Waals surface area (Å²) in [5, 5.41) is 0.867. The molecule has 2 fully saturated rings. The zero-order valence-electron chi connectivity index (χ0n) is 15.4. The molecular formula is C21H23N5O. The molecule has 2 aliphatic rings. The second-order valence-electron chi connectivity index (χ2n) is 7.14. The first kappa shape index (κ1) is 17.5. The van der Waals surface area contributed by atoms with Crippen LogP contribution in [0, 0.1) is 17.8 Å². The van der Waals surface area contributed by atoms with Gasteiger partial charge in [0.05, 0.1) is 17.6 Å². The summed E-state index contributed by atoms with van der Waals surface area (Å²) in [6, 6.07) is 1.98. The number of likely N-dealkylation sites (tertiary alicyclic amines) is 1. The molecule has 4 rings (SSSR count). The molecule has 1 aliphatic carbocycles. The number of amides is 1. The van der Waals surface area contributed by atoms with E-state index < -0.39 is 0 Å². The summed E-state index contributed by atoms with van der Waals surface area (Å²) in [6.45, 7) is 4.73. The third-order valence-corrected chi connectivity index (χ3v) is 5.21. The van der Waals surface area contributed by atoms with E-state index in [9.17, 15) is 4.79 Å². The highest BCUT2D eigenvalue weighted by molar-refractivity contribution is 5.99. The van der Waals surface area contributed by atoms with Gasteiger partial charge in [0, 0.05) is 24.6 Å². The van der Waals surface area contributed by atoms with Crippen LogP contribution in [-0.4, -0.2) is 44.6 Å². The van der Waals surface area contributed by atoms with Gasteiger partial charge >= 0.3 is 0 Å². The third kappa shape index (κ3) is 3.92. The van der Waals surface area contributed by atoms with Crippen molar-refractivity contribution in [1.82, 2.24) is 19.9 Å². The molecule has 0 radical (unpaired) electrons. The summed E-state index contributed by atoms with van der Waals surface area (Å²) in [7, 11) is 0. The Morgan fingerprint density at radius 3 is 3.00 bits per heavy atom. The lowest BCUT2D eigenvalue weighted by Gasteiger charge is -2.15. The first-order chi connectivity index (χ1) is 13.2. The minimum absolute atomic E-state index is 0.0602. The molecule has 138 valence electrons. The summed E-state index contributed by atoms with van der Waals surface area (Å²) in [4.78, 5) is 30.1. The Labute approximate surface area is 158 Å². The first-order valence-electron chi connectivity index (χ1n) is 9.56. The van der Waals surface area contributed by atoms with Crippen LogP contribution in [0.4, 0.5) is 5.82 Å². The fourth-order valence-electron chi connectivity index (χ4n) is 3.71. The number of aromatic amines is 1. The normalized spacial score (nSPS) is 19.3. The molecule has 2 aromatic heterocycles. The molecule has 1 amide bonds. The lowest BCUT2D eigenvalue weighted by atomic mass is 9.90.